The summed E-state index contributed by atoms with van der Waals surface area (Å²) in [5.41, 5.74) is 0.606. The summed E-state index contributed by atoms with van der Waals surface area (Å²) in [7, 11) is -3.56. The van der Waals surface area contributed by atoms with Crippen LogP contribution in [0.2, 0.25) is 10.0 Å². The molecular weight excluding hydrogens is 433 g/mol. The molecule has 0 bridgehead atoms. The van der Waals surface area contributed by atoms with Gasteiger partial charge in [-0.25, -0.2) is 13.1 Å². The van der Waals surface area contributed by atoms with E-state index in [1.54, 1.807) is 24.3 Å². The average Bonchev–Trinajstić information content (AvgIpc) is 2.69. The summed E-state index contributed by atoms with van der Waals surface area (Å²) in [6, 6.07) is 13.1. The molecule has 3 rings (SSSR count). The van der Waals surface area contributed by atoms with Crippen molar-refractivity contribution in [2.75, 3.05) is 25.0 Å². The number of sulfonamides is 1. The van der Waals surface area contributed by atoms with Gasteiger partial charge >= 0.3 is 0 Å². The Kier molecular flexibility index (Phi) is 7.54. The molecule has 2 aromatic rings. The number of nitrogens with one attached hydrogen (secondary N) is 2. The van der Waals surface area contributed by atoms with E-state index in [0.29, 0.717) is 41.5 Å². The number of nitrogens with zero attached hydrogens (tertiary/aromatic N) is 1. The monoisotopic (exact) mass is 455 g/mol. The first-order valence-electron chi connectivity index (χ1n) is 9.38. The molecule has 1 aliphatic rings. The zero-order valence-electron chi connectivity index (χ0n) is 15.8. The Morgan fingerprint density at radius 2 is 1.69 bits per heavy atom. The van der Waals surface area contributed by atoms with Crippen LogP contribution in [-0.4, -0.2) is 44.9 Å². The number of carbonyl (C=O) groups is 1. The van der Waals surface area contributed by atoms with E-state index < -0.39 is 10.0 Å². The van der Waals surface area contributed by atoms with Crippen molar-refractivity contribution in [1.82, 2.24) is 9.62 Å². The van der Waals surface area contributed by atoms with Gasteiger partial charge in [0, 0.05) is 24.0 Å². The van der Waals surface area contributed by atoms with E-state index in [9.17, 15) is 13.2 Å². The number of hydrogen-bond acceptors (Lipinski definition) is 4. The molecule has 1 aliphatic heterocycles. The number of benzene rings is 2. The van der Waals surface area contributed by atoms with Crippen molar-refractivity contribution < 1.29 is 13.2 Å². The lowest BCUT2D eigenvalue weighted by Gasteiger charge is -2.32. The van der Waals surface area contributed by atoms with E-state index in [0.717, 1.165) is 13.1 Å². The average molecular weight is 456 g/mol. The number of likely N-dealkylation sites (tertiary alicyclic amines) is 1. The van der Waals surface area contributed by atoms with Crippen LogP contribution in [0.25, 0.3) is 0 Å². The fraction of sp³-hybridized carbons (Fsp3) is 0.350. The number of carbonyl (C=O) groups excluding carboxylic acids is 1. The second kappa shape index (κ2) is 9.91. The van der Waals surface area contributed by atoms with E-state index >= 15 is 0 Å². The second-order valence-corrected chi connectivity index (χ2v) is 9.53. The van der Waals surface area contributed by atoms with Crippen LogP contribution < -0.4 is 10.0 Å². The quantitative estimate of drug-likeness (QED) is 0.665. The lowest BCUT2D eigenvalue weighted by Crippen LogP contribution is -2.45. The largest absolute Gasteiger partial charge is 0.325 e. The van der Waals surface area contributed by atoms with Gasteiger partial charge < -0.3 is 10.2 Å². The maximum Gasteiger partial charge on any atom is 0.240 e. The lowest BCUT2D eigenvalue weighted by atomic mass is 10.1. The highest BCUT2D eigenvalue weighted by atomic mass is 35.5. The first-order valence-corrected chi connectivity index (χ1v) is 11.6. The van der Waals surface area contributed by atoms with Gasteiger partial charge in [0.2, 0.25) is 15.9 Å². The highest BCUT2D eigenvalue weighted by Gasteiger charge is 2.24. The van der Waals surface area contributed by atoms with Gasteiger partial charge in [0.1, 0.15) is 0 Å². The van der Waals surface area contributed by atoms with Crippen molar-refractivity contribution in [2.24, 2.45) is 0 Å². The van der Waals surface area contributed by atoms with Crippen LogP contribution in [0.15, 0.2) is 53.4 Å². The molecule has 1 amide bonds. The molecule has 2 aromatic carbocycles. The van der Waals surface area contributed by atoms with E-state index in [1.807, 2.05) is 12.1 Å². The Balaban J connectivity index is 1.43. The van der Waals surface area contributed by atoms with Gasteiger partial charge in [-0.05, 0) is 62.3 Å². The van der Waals surface area contributed by atoms with Gasteiger partial charge in [-0.15, -0.1) is 0 Å². The van der Waals surface area contributed by atoms with Gasteiger partial charge in [0.05, 0.1) is 15.6 Å². The molecule has 1 fully saturated rings. The highest BCUT2D eigenvalue weighted by molar-refractivity contribution is 7.89. The molecule has 6 nitrogen and oxygen atoms in total. The first-order chi connectivity index (χ1) is 13.8. The molecule has 0 aromatic heterocycles. The van der Waals surface area contributed by atoms with Crippen molar-refractivity contribution in [1.29, 1.82) is 0 Å². The molecule has 0 spiro atoms. The van der Waals surface area contributed by atoms with Crippen LogP contribution in [0, 0.1) is 0 Å². The molecule has 0 radical (unpaired) electrons. The highest BCUT2D eigenvalue weighted by Crippen LogP contribution is 2.21. The topological polar surface area (TPSA) is 78.5 Å². The minimum absolute atomic E-state index is 0.0938. The van der Waals surface area contributed by atoms with Crippen molar-refractivity contribution in [3.63, 3.8) is 0 Å². The summed E-state index contributed by atoms with van der Waals surface area (Å²) in [6.07, 6.45) is 1.74. The Morgan fingerprint density at radius 1 is 1.03 bits per heavy atom. The Morgan fingerprint density at radius 3 is 2.34 bits per heavy atom. The number of piperidine rings is 1. The molecule has 0 saturated carbocycles. The summed E-state index contributed by atoms with van der Waals surface area (Å²) in [6.45, 7) is 2.08. The SMILES string of the molecule is O=C(CCN1CCC(NS(=O)(=O)c2ccc(Cl)cc2)CC1)Nc1ccccc1Cl. The van der Waals surface area contributed by atoms with Gasteiger partial charge in [0.15, 0.2) is 0 Å². The molecule has 156 valence electrons. The van der Waals surface area contributed by atoms with E-state index in [1.165, 1.54) is 12.1 Å². The minimum atomic E-state index is -3.56. The Hall–Kier alpha value is -1.64. The number of anilines is 1. The number of halogens is 2. The molecule has 0 atom stereocenters. The summed E-state index contributed by atoms with van der Waals surface area (Å²) in [5, 5.41) is 3.82. The Bertz CT molecular complexity index is 944. The normalized spacial score (nSPS) is 15.9. The zero-order chi connectivity index (χ0) is 20.9. The second-order valence-electron chi connectivity index (χ2n) is 6.97. The molecule has 1 heterocycles. The van der Waals surface area contributed by atoms with Crippen LogP contribution in [0.5, 0.6) is 0 Å². The lowest BCUT2D eigenvalue weighted by molar-refractivity contribution is -0.116. The fourth-order valence-corrected chi connectivity index (χ4v) is 4.82. The van der Waals surface area contributed by atoms with Crippen molar-refractivity contribution in [3.8, 4) is 0 Å². The maximum atomic E-state index is 12.5. The summed E-state index contributed by atoms with van der Waals surface area (Å²) < 4.78 is 27.7. The van der Waals surface area contributed by atoms with Crippen LogP contribution in [-0.2, 0) is 14.8 Å². The third-order valence-electron chi connectivity index (χ3n) is 4.84. The predicted octanol–water partition coefficient (Wildman–Crippen LogP) is 3.76. The molecule has 1 saturated heterocycles. The molecular formula is C20H23Cl2N3O3S. The third kappa shape index (κ3) is 6.42. The van der Waals surface area contributed by atoms with Crippen LogP contribution in [0.1, 0.15) is 19.3 Å². The molecule has 2 N–H and O–H groups in total. The van der Waals surface area contributed by atoms with Gasteiger partial charge in [-0.3, -0.25) is 4.79 Å². The third-order valence-corrected chi connectivity index (χ3v) is 6.95. The van der Waals surface area contributed by atoms with Crippen molar-refractivity contribution in [2.45, 2.75) is 30.2 Å². The zero-order valence-corrected chi connectivity index (χ0v) is 18.1. The number of rotatable bonds is 7. The summed E-state index contributed by atoms with van der Waals surface area (Å²) in [4.78, 5) is 14.5. The first kappa shape index (κ1) is 22.1. The fourth-order valence-electron chi connectivity index (χ4n) is 3.21. The number of amides is 1. The number of para-hydroxylation sites is 1. The predicted molar refractivity (Wildman–Crippen MR) is 116 cm³/mol. The summed E-state index contributed by atoms with van der Waals surface area (Å²) >= 11 is 11.9. The molecule has 0 aliphatic carbocycles. The van der Waals surface area contributed by atoms with E-state index in [-0.39, 0.29) is 16.8 Å². The van der Waals surface area contributed by atoms with Crippen LogP contribution in [0.3, 0.4) is 0 Å². The maximum absolute atomic E-state index is 12.5. The van der Waals surface area contributed by atoms with Gasteiger partial charge in [-0.1, -0.05) is 35.3 Å². The van der Waals surface area contributed by atoms with Crippen LogP contribution in [0.4, 0.5) is 5.69 Å². The van der Waals surface area contributed by atoms with E-state index in [2.05, 4.69) is 14.9 Å². The molecule has 9 heteroatoms. The standard InChI is InChI=1S/C20H23Cl2N3O3S/c21-15-5-7-17(8-6-15)29(27,28)24-16-9-12-25(13-10-16)14-11-20(26)23-19-4-2-1-3-18(19)22/h1-8,16,24H,9-14H2,(H,23,26). The minimum Gasteiger partial charge on any atom is -0.325 e. The van der Waals surface area contributed by atoms with Crippen LogP contribution >= 0.6 is 23.2 Å². The molecule has 0 unspecified atom stereocenters. The van der Waals surface area contributed by atoms with Crippen molar-refractivity contribution >= 4 is 44.8 Å². The van der Waals surface area contributed by atoms with E-state index in [4.69, 9.17) is 23.2 Å². The van der Waals surface area contributed by atoms with Crippen molar-refractivity contribution in [3.05, 3.63) is 58.6 Å². The molecule has 29 heavy (non-hydrogen) atoms. The van der Waals surface area contributed by atoms with Gasteiger partial charge in [-0.2, -0.15) is 0 Å². The number of hydrogen-bond donors (Lipinski definition) is 2. The van der Waals surface area contributed by atoms with Gasteiger partial charge in [0.25, 0.3) is 0 Å². The Labute approximate surface area is 181 Å². The smallest absolute Gasteiger partial charge is 0.240 e. The summed E-state index contributed by atoms with van der Waals surface area (Å²) in [5.74, 6) is -0.0938.